The summed E-state index contributed by atoms with van der Waals surface area (Å²) in [6, 6.07) is 9.35. The Morgan fingerprint density at radius 2 is 2.05 bits per heavy atom. The first-order valence-corrected chi connectivity index (χ1v) is 6.95. The average Bonchev–Trinajstić information content (AvgIpc) is 3.17. The molecule has 0 spiro atoms. The fraction of sp³-hybridized carbons (Fsp3) is 0.267. The Kier molecular flexibility index (Phi) is 4.15. The first-order chi connectivity index (χ1) is 10.7. The quantitative estimate of drug-likeness (QED) is 0.738. The number of hydrogen-bond donors (Lipinski definition) is 1. The van der Waals surface area contributed by atoms with Crippen LogP contribution in [0.3, 0.4) is 0 Å². The summed E-state index contributed by atoms with van der Waals surface area (Å²) < 4.78 is 8.97. The molecule has 0 aliphatic rings. The maximum Gasteiger partial charge on any atom is 0.157 e. The monoisotopic (exact) mass is 299 g/mol. The van der Waals surface area contributed by atoms with E-state index in [1.807, 2.05) is 37.4 Å². The van der Waals surface area contributed by atoms with Gasteiger partial charge in [-0.2, -0.15) is 10.2 Å². The van der Waals surface area contributed by atoms with Crippen LogP contribution < -0.4 is 4.74 Å². The van der Waals surface area contributed by atoms with Gasteiger partial charge < -0.3 is 9.84 Å². The summed E-state index contributed by atoms with van der Waals surface area (Å²) in [4.78, 5) is 4.19. The first kappa shape index (κ1) is 14.3. The van der Waals surface area contributed by atoms with E-state index in [1.165, 1.54) is 6.33 Å². The summed E-state index contributed by atoms with van der Waals surface area (Å²) in [5, 5.41) is 18.0. The van der Waals surface area contributed by atoms with Gasteiger partial charge in [-0.05, 0) is 30.3 Å². The van der Waals surface area contributed by atoms with Crippen molar-refractivity contribution in [2.75, 3.05) is 6.61 Å². The van der Waals surface area contributed by atoms with Crippen LogP contribution in [0.5, 0.6) is 5.75 Å². The van der Waals surface area contributed by atoms with Crippen LogP contribution in [0.1, 0.15) is 0 Å². The van der Waals surface area contributed by atoms with Crippen LogP contribution >= 0.6 is 0 Å². The zero-order valence-electron chi connectivity index (χ0n) is 12.2. The number of ether oxygens (including phenoxy) is 1. The highest BCUT2D eigenvalue weighted by molar-refractivity contribution is 5.56. The van der Waals surface area contributed by atoms with Crippen molar-refractivity contribution in [2.45, 2.75) is 12.6 Å². The molecule has 1 unspecified atom stereocenters. The van der Waals surface area contributed by atoms with E-state index in [4.69, 9.17) is 4.74 Å². The molecule has 2 aromatic heterocycles. The highest BCUT2D eigenvalue weighted by Crippen LogP contribution is 2.19. The molecule has 22 heavy (non-hydrogen) atoms. The molecule has 0 aliphatic carbocycles. The predicted octanol–water partition coefficient (Wildman–Crippen LogP) is 1.12. The van der Waals surface area contributed by atoms with Gasteiger partial charge in [-0.3, -0.25) is 4.68 Å². The molecule has 2 heterocycles. The normalized spacial score (nSPS) is 12.3. The second-order valence-electron chi connectivity index (χ2n) is 4.92. The van der Waals surface area contributed by atoms with E-state index < -0.39 is 6.10 Å². The molecule has 3 aromatic rings. The fourth-order valence-corrected chi connectivity index (χ4v) is 2.13. The average molecular weight is 299 g/mol. The van der Waals surface area contributed by atoms with Crippen LogP contribution in [-0.2, 0) is 13.6 Å². The summed E-state index contributed by atoms with van der Waals surface area (Å²) in [5.74, 6) is 1.50. The molecular formula is C15H17N5O2. The minimum absolute atomic E-state index is 0.211. The maximum absolute atomic E-state index is 9.92. The Morgan fingerprint density at radius 3 is 2.68 bits per heavy atom. The summed E-state index contributed by atoms with van der Waals surface area (Å²) in [7, 11) is 1.85. The lowest BCUT2D eigenvalue weighted by Gasteiger charge is -2.12. The molecule has 7 heteroatoms. The molecule has 0 amide bonds. The molecule has 0 aliphatic heterocycles. The van der Waals surface area contributed by atoms with Gasteiger partial charge in [0, 0.05) is 25.0 Å². The van der Waals surface area contributed by atoms with Crippen molar-refractivity contribution in [3.63, 3.8) is 0 Å². The van der Waals surface area contributed by atoms with Crippen molar-refractivity contribution in [3.8, 4) is 17.1 Å². The number of aryl methyl sites for hydroxylation is 1. The standard InChI is InChI=1S/C15H17N5O2/c1-19-15(16-11-18-19)12-3-5-14(6-4-12)22-10-13(21)9-20-8-2-7-17-20/h2-8,11,13,21H,9-10H2,1H3. The Hall–Kier alpha value is -2.67. The van der Waals surface area contributed by atoms with Crippen molar-refractivity contribution >= 4 is 0 Å². The SMILES string of the molecule is Cn1ncnc1-c1ccc(OCC(O)Cn2cccn2)cc1. The Morgan fingerprint density at radius 1 is 1.23 bits per heavy atom. The lowest BCUT2D eigenvalue weighted by molar-refractivity contribution is 0.0893. The summed E-state index contributed by atoms with van der Waals surface area (Å²) in [6.07, 6.45) is 4.39. The van der Waals surface area contributed by atoms with Gasteiger partial charge in [0.1, 0.15) is 24.8 Å². The minimum Gasteiger partial charge on any atom is -0.491 e. The molecule has 114 valence electrons. The predicted molar refractivity (Wildman–Crippen MR) is 80.2 cm³/mol. The number of rotatable bonds is 6. The van der Waals surface area contributed by atoms with Gasteiger partial charge in [0.25, 0.3) is 0 Å². The minimum atomic E-state index is -0.613. The third-order valence-electron chi connectivity index (χ3n) is 3.22. The smallest absolute Gasteiger partial charge is 0.157 e. The third kappa shape index (κ3) is 3.32. The number of benzene rings is 1. The van der Waals surface area contributed by atoms with Gasteiger partial charge in [-0.15, -0.1) is 0 Å². The van der Waals surface area contributed by atoms with Crippen LogP contribution in [0.4, 0.5) is 0 Å². The maximum atomic E-state index is 9.92. The van der Waals surface area contributed by atoms with E-state index in [2.05, 4.69) is 15.2 Å². The first-order valence-electron chi connectivity index (χ1n) is 6.95. The van der Waals surface area contributed by atoms with E-state index in [0.717, 1.165) is 11.4 Å². The molecule has 0 bridgehead atoms. The molecule has 0 radical (unpaired) electrons. The Labute approximate surface area is 127 Å². The van der Waals surface area contributed by atoms with Crippen molar-refractivity contribution in [2.24, 2.45) is 7.05 Å². The fourth-order valence-electron chi connectivity index (χ4n) is 2.13. The molecule has 0 saturated heterocycles. The second-order valence-corrected chi connectivity index (χ2v) is 4.92. The van der Waals surface area contributed by atoms with E-state index in [1.54, 1.807) is 21.8 Å². The topological polar surface area (TPSA) is 78.0 Å². The van der Waals surface area contributed by atoms with Gasteiger partial charge in [0.15, 0.2) is 5.82 Å². The highest BCUT2D eigenvalue weighted by Gasteiger charge is 2.08. The molecule has 0 fully saturated rings. The van der Waals surface area contributed by atoms with Crippen molar-refractivity contribution in [3.05, 3.63) is 49.1 Å². The number of hydrogen-bond acceptors (Lipinski definition) is 5. The van der Waals surface area contributed by atoms with E-state index in [-0.39, 0.29) is 6.61 Å². The molecule has 1 aromatic carbocycles. The third-order valence-corrected chi connectivity index (χ3v) is 3.22. The van der Waals surface area contributed by atoms with Gasteiger partial charge in [0.2, 0.25) is 0 Å². The molecule has 1 N–H and O–H groups in total. The number of aliphatic hydroxyl groups is 1. The van der Waals surface area contributed by atoms with Crippen molar-refractivity contribution in [1.29, 1.82) is 0 Å². The lowest BCUT2D eigenvalue weighted by atomic mass is 10.2. The summed E-state index contributed by atoms with van der Waals surface area (Å²) >= 11 is 0. The van der Waals surface area contributed by atoms with E-state index >= 15 is 0 Å². The highest BCUT2D eigenvalue weighted by atomic mass is 16.5. The second kappa shape index (κ2) is 6.40. The molecular weight excluding hydrogens is 282 g/mol. The zero-order valence-corrected chi connectivity index (χ0v) is 12.2. The van der Waals surface area contributed by atoms with Crippen LogP contribution in [0.25, 0.3) is 11.4 Å². The van der Waals surface area contributed by atoms with Crippen LogP contribution in [0.15, 0.2) is 49.1 Å². The van der Waals surface area contributed by atoms with Gasteiger partial charge in [0.05, 0.1) is 6.54 Å². The molecule has 7 nitrogen and oxygen atoms in total. The summed E-state index contributed by atoms with van der Waals surface area (Å²) in [6.45, 7) is 0.618. The molecule has 0 saturated carbocycles. The Balaban J connectivity index is 1.56. The number of aliphatic hydroxyl groups excluding tert-OH is 1. The number of nitrogens with zero attached hydrogens (tertiary/aromatic N) is 5. The van der Waals surface area contributed by atoms with Crippen LogP contribution in [0.2, 0.25) is 0 Å². The van der Waals surface area contributed by atoms with Gasteiger partial charge in [-0.1, -0.05) is 0 Å². The van der Waals surface area contributed by atoms with Crippen molar-refractivity contribution in [1.82, 2.24) is 24.5 Å². The largest absolute Gasteiger partial charge is 0.491 e. The van der Waals surface area contributed by atoms with Gasteiger partial charge in [-0.25, -0.2) is 9.67 Å². The van der Waals surface area contributed by atoms with Crippen molar-refractivity contribution < 1.29 is 9.84 Å². The van der Waals surface area contributed by atoms with E-state index in [0.29, 0.717) is 12.3 Å². The lowest BCUT2D eigenvalue weighted by Crippen LogP contribution is -2.23. The molecule has 1 atom stereocenters. The van der Waals surface area contributed by atoms with Crippen LogP contribution in [0, 0.1) is 0 Å². The van der Waals surface area contributed by atoms with Crippen LogP contribution in [-0.4, -0.2) is 42.4 Å². The number of aromatic nitrogens is 5. The van der Waals surface area contributed by atoms with Gasteiger partial charge >= 0.3 is 0 Å². The van der Waals surface area contributed by atoms with E-state index in [9.17, 15) is 5.11 Å². The Bertz CT molecular complexity index is 706. The zero-order chi connectivity index (χ0) is 15.4. The molecule has 3 rings (SSSR count). The summed E-state index contributed by atoms with van der Waals surface area (Å²) in [5.41, 5.74) is 0.962.